The molecule has 0 saturated carbocycles. The molecule has 2 aromatic rings. The molecule has 23 heavy (non-hydrogen) atoms. The summed E-state index contributed by atoms with van der Waals surface area (Å²) < 4.78 is 5.81. The van der Waals surface area contributed by atoms with Gasteiger partial charge in [-0.25, -0.2) is 0 Å². The first-order valence-electron chi connectivity index (χ1n) is 6.80. The molecule has 3 rings (SSSR count). The van der Waals surface area contributed by atoms with Gasteiger partial charge in [-0.1, -0.05) is 12.1 Å². The van der Waals surface area contributed by atoms with Gasteiger partial charge in [-0.05, 0) is 57.9 Å². The van der Waals surface area contributed by atoms with Crippen molar-refractivity contribution >= 4 is 39.4 Å². The number of fused-ring (bicyclic) bond motifs is 1. The van der Waals surface area contributed by atoms with Gasteiger partial charge in [0.1, 0.15) is 11.5 Å². The number of carbonyl (C=O) groups is 2. The number of benzene rings is 2. The number of aromatic hydroxyl groups is 1. The third-order valence-corrected chi connectivity index (χ3v) is 3.93. The van der Waals surface area contributed by atoms with Crippen LogP contribution >= 0.6 is 15.9 Å². The van der Waals surface area contributed by atoms with Crippen LogP contribution in [0.3, 0.4) is 0 Å². The van der Waals surface area contributed by atoms with Crippen molar-refractivity contribution in [3.63, 3.8) is 0 Å². The van der Waals surface area contributed by atoms with Gasteiger partial charge in [-0.15, -0.1) is 0 Å². The first-order valence-corrected chi connectivity index (χ1v) is 7.60. The number of allylic oxidation sites excluding steroid dienone is 1. The van der Waals surface area contributed by atoms with E-state index in [0.717, 1.165) is 5.56 Å². The molecule has 0 saturated heterocycles. The van der Waals surface area contributed by atoms with Crippen molar-refractivity contribution in [3.05, 3.63) is 58.1 Å². The molecular weight excluding hydrogens is 362 g/mol. The smallest absolute Gasteiger partial charge is 0.262 e. The third-order valence-electron chi connectivity index (χ3n) is 3.30. The van der Waals surface area contributed by atoms with E-state index in [-0.39, 0.29) is 24.0 Å². The zero-order chi connectivity index (χ0) is 16.4. The van der Waals surface area contributed by atoms with E-state index in [9.17, 15) is 14.7 Å². The van der Waals surface area contributed by atoms with E-state index < -0.39 is 0 Å². The van der Waals surface area contributed by atoms with E-state index in [1.54, 1.807) is 42.5 Å². The Morgan fingerprint density at radius 1 is 1.26 bits per heavy atom. The predicted octanol–water partition coefficient (Wildman–Crippen LogP) is 3.38. The van der Waals surface area contributed by atoms with E-state index in [0.29, 0.717) is 21.5 Å². The lowest BCUT2D eigenvalue weighted by molar-refractivity contribution is -0.118. The quantitative estimate of drug-likeness (QED) is 0.638. The van der Waals surface area contributed by atoms with E-state index in [2.05, 4.69) is 21.2 Å². The first kappa shape index (κ1) is 15.3. The number of amides is 1. The highest BCUT2D eigenvalue weighted by atomic mass is 79.9. The molecule has 0 atom stereocenters. The molecule has 0 aliphatic carbocycles. The largest absolute Gasteiger partial charge is 0.507 e. The molecule has 1 aliphatic rings. The van der Waals surface area contributed by atoms with Gasteiger partial charge in [0.05, 0.1) is 10.2 Å². The summed E-state index contributed by atoms with van der Waals surface area (Å²) in [5.41, 5.74) is 1.72. The second-order valence-corrected chi connectivity index (χ2v) is 5.81. The normalized spacial score (nSPS) is 13.3. The molecule has 1 heterocycles. The zero-order valence-electron chi connectivity index (χ0n) is 11.9. The van der Waals surface area contributed by atoms with Gasteiger partial charge >= 0.3 is 0 Å². The summed E-state index contributed by atoms with van der Waals surface area (Å²) in [7, 11) is 0. The molecule has 0 fully saturated rings. The molecule has 5 nitrogen and oxygen atoms in total. The van der Waals surface area contributed by atoms with Crippen molar-refractivity contribution in [3.8, 4) is 11.5 Å². The number of phenolic OH excluding ortho intramolecular Hbond substituents is 1. The lowest BCUT2D eigenvalue weighted by Gasteiger charge is -2.17. The van der Waals surface area contributed by atoms with Crippen molar-refractivity contribution < 1.29 is 19.4 Å². The van der Waals surface area contributed by atoms with Gasteiger partial charge in [-0.2, -0.15) is 0 Å². The molecule has 1 amide bonds. The Morgan fingerprint density at radius 3 is 2.87 bits per heavy atom. The van der Waals surface area contributed by atoms with Gasteiger partial charge in [0, 0.05) is 5.56 Å². The highest BCUT2D eigenvalue weighted by molar-refractivity contribution is 9.10. The lowest BCUT2D eigenvalue weighted by atomic mass is 10.1. The van der Waals surface area contributed by atoms with Crippen LogP contribution in [0.2, 0.25) is 0 Å². The summed E-state index contributed by atoms with van der Waals surface area (Å²) >= 11 is 3.22. The maximum atomic E-state index is 12.2. The van der Waals surface area contributed by atoms with Crippen LogP contribution in [-0.4, -0.2) is 23.4 Å². The maximum absolute atomic E-state index is 12.2. The van der Waals surface area contributed by atoms with Crippen molar-refractivity contribution in [2.45, 2.75) is 0 Å². The Labute approximate surface area is 140 Å². The van der Waals surface area contributed by atoms with Crippen LogP contribution in [0.5, 0.6) is 11.5 Å². The second-order valence-electron chi connectivity index (χ2n) is 4.96. The minimum absolute atomic E-state index is 0.0179. The van der Waals surface area contributed by atoms with Gasteiger partial charge in [0.2, 0.25) is 0 Å². The summed E-state index contributed by atoms with van der Waals surface area (Å²) in [4.78, 5) is 23.6. The molecule has 0 spiro atoms. The van der Waals surface area contributed by atoms with Gasteiger partial charge in [0.25, 0.3) is 5.91 Å². The summed E-state index contributed by atoms with van der Waals surface area (Å²) in [6, 6.07) is 9.85. The van der Waals surface area contributed by atoms with E-state index in [1.807, 2.05) is 0 Å². The first-order chi connectivity index (χ1) is 11.0. The number of ketones is 1. The number of anilines is 1. The van der Waals surface area contributed by atoms with Gasteiger partial charge < -0.3 is 15.2 Å². The monoisotopic (exact) mass is 373 g/mol. The van der Waals surface area contributed by atoms with Crippen LogP contribution in [-0.2, 0) is 4.79 Å². The van der Waals surface area contributed by atoms with Gasteiger partial charge in [0.15, 0.2) is 12.4 Å². The van der Waals surface area contributed by atoms with Gasteiger partial charge in [-0.3, -0.25) is 9.59 Å². The molecular formula is C17H12BrNO4. The number of hydrogen-bond acceptors (Lipinski definition) is 4. The van der Waals surface area contributed by atoms with Crippen LogP contribution in [0.25, 0.3) is 6.08 Å². The fourth-order valence-corrected chi connectivity index (χ4v) is 2.53. The molecule has 116 valence electrons. The number of phenols is 1. The Morgan fingerprint density at radius 2 is 2.09 bits per heavy atom. The standard InChI is InChI=1S/C17H12BrNO4/c18-12-7-10(2-5-15(12)21)1-4-14(20)11-3-6-16-13(8-11)19-17(22)9-23-16/h1-8,21H,9H2,(H,19,22)/b4-1+. The average Bonchev–Trinajstić information content (AvgIpc) is 2.55. The Hall–Kier alpha value is -2.60. The highest BCUT2D eigenvalue weighted by Gasteiger charge is 2.17. The van der Waals surface area contributed by atoms with Crippen LogP contribution < -0.4 is 10.1 Å². The summed E-state index contributed by atoms with van der Waals surface area (Å²) in [5, 5.41) is 12.1. The second kappa shape index (κ2) is 6.26. The minimum Gasteiger partial charge on any atom is -0.507 e. The predicted molar refractivity (Wildman–Crippen MR) is 89.7 cm³/mol. The number of hydrogen-bond donors (Lipinski definition) is 2. The summed E-state index contributed by atoms with van der Waals surface area (Å²) in [6.07, 6.45) is 3.09. The minimum atomic E-state index is -0.244. The molecule has 1 aliphatic heterocycles. The molecule has 6 heteroatoms. The molecule has 0 bridgehead atoms. The molecule has 0 aromatic heterocycles. The SMILES string of the molecule is O=C1COc2ccc(C(=O)/C=C/c3ccc(O)c(Br)c3)cc2N1. The number of carbonyl (C=O) groups excluding carboxylic acids is 2. The number of rotatable bonds is 3. The number of nitrogens with one attached hydrogen (secondary N) is 1. The Kier molecular flexibility index (Phi) is 4.16. The van der Waals surface area contributed by atoms with Crippen LogP contribution in [0.1, 0.15) is 15.9 Å². The van der Waals surface area contributed by atoms with E-state index in [1.165, 1.54) is 6.08 Å². The van der Waals surface area contributed by atoms with Crippen molar-refractivity contribution in [2.24, 2.45) is 0 Å². The summed E-state index contributed by atoms with van der Waals surface area (Å²) in [5.74, 6) is 0.245. The fourth-order valence-electron chi connectivity index (χ4n) is 2.13. The lowest BCUT2D eigenvalue weighted by Crippen LogP contribution is -2.25. The third kappa shape index (κ3) is 3.43. The highest BCUT2D eigenvalue weighted by Crippen LogP contribution is 2.29. The van der Waals surface area contributed by atoms with Crippen LogP contribution in [0, 0.1) is 0 Å². The van der Waals surface area contributed by atoms with Crippen LogP contribution in [0.15, 0.2) is 46.9 Å². The number of ether oxygens (including phenoxy) is 1. The van der Waals surface area contributed by atoms with E-state index in [4.69, 9.17) is 4.74 Å². The fraction of sp³-hybridized carbons (Fsp3) is 0.0588. The van der Waals surface area contributed by atoms with Crippen molar-refractivity contribution in [1.82, 2.24) is 0 Å². The molecule has 2 aromatic carbocycles. The number of halogens is 1. The van der Waals surface area contributed by atoms with E-state index >= 15 is 0 Å². The zero-order valence-corrected chi connectivity index (χ0v) is 13.5. The molecule has 0 radical (unpaired) electrons. The van der Waals surface area contributed by atoms with Crippen molar-refractivity contribution in [2.75, 3.05) is 11.9 Å². The Balaban J connectivity index is 1.80. The topological polar surface area (TPSA) is 75.6 Å². The average molecular weight is 374 g/mol. The van der Waals surface area contributed by atoms with Crippen LogP contribution in [0.4, 0.5) is 5.69 Å². The molecule has 2 N–H and O–H groups in total. The molecule has 0 unspecified atom stereocenters. The van der Waals surface area contributed by atoms with Crippen molar-refractivity contribution in [1.29, 1.82) is 0 Å². The Bertz CT molecular complexity index is 829. The maximum Gasteiger partial charge on any atom is 0.262 e. The summed E-state index contributed by atoms with van der Waals surface area (Å²) in [6.45, 7) is -0.0179.